The molecule has 0 saturated heterocycles. The summed E-state index contributed by atoms with van der Waals surface area (Å²) in [4.78, 5) is 27.2. The standard InChI is InChI=1S/C19H21FN4O2/c1-11(2)6-15-9-17(24(3)23-15)19(26)21-10-13-7-12-4-5-14(20)8-16(12)22-18(13)25/h4-5,7-9,11H,6,10H2,1-3H3,(H,21,26)(H,22,25). The van der Waals surface area contributed by atoms with Crippen LogP contribution in [0, 0.1) is 11.7 Å². The lowest BCUT2D eigenvalue weighted by Crippen LogP contribution is -2.28. The van der Waals surface area contributed by atoms with E-state index in [-0.39, 0.29) is 18.0 Å². The van der Waals surface area contributed by atoms with Gasteiger partial charge in [-0.25, -0.2) is 4.39 Å². The fourth-order valence-electron chi connectivity index (χ4n) is 2.87. The molecule has 0 bridgehead atoms. The van der Waals surface area contributed by atoms with Crippen LogP contribution < -0.4 is 10.9 Å². The zero-order valence-electron chi connectivity index (χ0n) is 15.0. The highest BCUT2D eigenvalue weighted by Crippen LogP contribution is 2.13. The minimum Gasteiger partial charge on any atom is -0.346 e. The van der Waals surface area contributed by atoms with Crippen LogP contribution in [0.2, 0.25) is 0 Å². The van der Waals surface area contributed by atoms with Crippen LogP contribution in [0.1, 0.15) is 35.6 Å². The number of H-pyrrole nitrogens is 1. The summed E-state index contributed by atoms with van der Waals surface area (Å²) in [5, 5.41) is 7.80. The van der Waals surface area contributed by atoms with Gasteiger partial charge in [-0.1, -0.05) is 13.8 Å². The summed E-state index contributed by atoms with van der Waals surface area (Å²) < 4.78 is 14.8. The number of amides is 1. The van der Waals surface area contributed by atoms with Crippen LogP contribution in [0.5, 0.6) is 0 Å². The minimum atomic E-state index is -0.414. The highest BCUT2D eigenvalue weighted by atomic mass is 19.1. The molecule has 26 heavy (non-hydrogen) atoms. The van der Waals surface area contributed by atoms with Crippen molar-refractivity contribution in [3.05, 3.63) is 63.5 Å². The first-order valence-electron chi connectivity index (χ1n) is 8.46. The van der Waals surface area contributed by atoms with Gasteiger partial charge in [-0.3, -0.25) is 14.3 Å². The predicted molar refractivity (Wildman–Crippen MR) is 97.4 cm³/mol. The molecule has 3 rings (SSSR count). The summed E-state index contributed by atoms with van der Waals surface area (Å²) >= 11 is 0. The predicted octanol–water partition coefficient (Wildman–Crippen LogP) is 2.53. The number of halogens is 1. The van der Waals surface area contributed by atoms with Gasteiger partial charge < -0.3 is 10.3 Å². The fourth-order valence-corrected chi connectivity index (χ4v) is 2.87. The lowest BCUT2D eigenvalue weighted by molar-refractivity contribution is 0.0941. The monoisotopic (exact) mass is 356 g/mol. The molecular formula is C19H21FN4O2. The molecule has 0 unspecified atom stereocenters. The van der Waals surface area contributed by atoms with Crippen LogP contribution in [-0.2, 0) is 20.0 Å². The second-order valence-electron chi connectivity index (χ2n) is 6.78. The zero-order chi connectivity index (χ0) is 18.8. The van der Waals surface area contributed by atoms with Crippen LogP contribution in [0.25, 0.3) is 10.9 Å². The number of nitrogens with zero attached hydrogens (tertiary/aromatic N) is 2. The molecule has 136 valence electrons. The maximum atomic E-state index is 13.2. The third-order valence-corrected chi connectivity index (χ3v) is 4.10. The van der Waals surface area contributed by atoms with Crippen molar-refractivity contribution in [3.8, 4) is 0 Å². The molecule has 1 aromatic carbocycles. The van der Waals surface area contributed by atoms with Crippen molar-refractivity contribution in [2.45, 2.75) is 26.8 Å². The number of carbonyl (C=O) groups excluding carboxylic acids is 1. The molecular weight excluding hydrogens is 335 g/mol. The Morgan fingerprint density at radius 1 is 1.31 bits per heavy atom. The number of fused-ring (bicyclic) bond motifs is 1. The van der Waals surface area contributed by atoms with Crippen LogP contribution >= 0.6 is 0 Å². The fraction of sp³-hybridized carbons (Fsp3) is 0.316. The Kier molecular flexibility index (Phi) is 4.88. The van der Waals surface area contributed by atoms with Gasteiger partial charge >= 0.3 is 0 Å². The van der Waals surface area contributed by atoms with Gasteiger partial charge in [0.1, 0.15) is 11.5 Å². The number of aryl methyl sites for hydroxylation is 1. The lowest BCUT2D eigenvalue weighted by atomic mass is 10.1. The van der Waals surface area contributed by atoms with E-state index < -0.39 is 5.82 Å². The summed E-state index contributed by atoms with van der Waals surface area (Å²) in [7, 11) is 1.72. The smallest absolute Gasteiger partial charge is 0.269 e. The van der Waals surface area contributed by atoms with Crippen LogP contribution in [0.3, 0.4) is 0 Å². The molecule has 0 saturated carbocycles. The first-order valence-corrected chi connectivity index (χ1v) is 8.46. The molecule has 0 spiro atoms. The number of aromatic nitrogens is 3. The first-order chi connectivity index (χ1) is 12.3. The first kappa shape index (κ1) is 17.8. The summed E-state index contributed by atoms with van der Waals surface area (Å²) in [5.74, 6) is -0.266. The van der Waals surface area contributed by atoms with Gasteiger partial charge in [0.05, 0.1) is 11.2 Å². The van der Waals surface area contributed by atoms with Crippen molar-refractivity contribution in [2.24, 2.45) is 13.0 Å². The SMILES string of the molecule is CC(C)Cc1cc(C(=O)NCc2cc3ccc(F)cc3[nH]c2=O)n(C)n1. The number of nitrogens with one attached hydrogen (secondary N) is 2. The van der Waals surface area contributed by atoms with Crippen molar-refractivity contribution in [1.82, 2.24) is 20.1 Å². The van der Waals surface area contributed by atoms with Crippen molar-refractivity contribution < 1.29 is 9.18 Å². The van der Waals surface area contributed by atoms with Gasteiger partial charge in [0.15, 0.2) is 0 Å². The molecule has 0 atom stereocenters. The second kappa shape index (κ2) is 7.11. The van der Waals surface area contributed by atoms with Gasteiger partial charge in [0, 0.05) is 19.2 Å². The Hall–Kier alpha value is -2.96. The van der Waals surface area contributed by atoms with E-state index in [0.29, 0.717) is 28.1 Å². The number of aromatic amines is 1. The van der Waals surface area contributed by atoms with Crippen molar-refractivity contribution >= 4 is 16.8 Å². The van der Waals surface area contributed by atoms with E-state index in [1.165, 1.54) is 12.1 Å². The van der Waals surface area contributed by atoms with Gasteiger partial charge in [-0.05, 0) is 48.1 Å². The van der Waals surface area contributed by atoms with Crippen LogP contribution in [0.4, 0.5) is 4.39 Å². The van der Waals surface area contributed by atoms with E-state index in [0.717, 1.165) is 12.1 Å². The normalized spacial score (nSPS) is 11.3. The van der Waals surface area contributed by atoms with E-state index in [1.807, 2.05) is 0 Å². The average molecular weight is 356 g/mol. The van der Waals surface area contributed by atoms with E-state index in [9.17, 15) is 14.0 Å². The number of benzene rings is 1. The van der Waals surface area contributed by atoms with Gasteiger partial charge in [-0.2, -0.15) is 5.10 Å². The minimum absolute atomic E-state index is 0.0756. The Morgan fingerprint density at radius 3 is 2.81 bits per heavy atom. The largest absolute Gasteiger partial charge is 0.346 e. The molecule has 2 aromatic heterocycles. The van der Waals surface area contributed by atoms with Crippen LogP contribution in [-0.4, -0.2) is 20.7 Å². The third kappa shape index (κ3) is 3.82. The number of pyridine rings is 1. The second-order valence-corrected chi connectivity index (χ2v) is 6.78. The molecule has 0 fully saturated rings. The third-order valence-electron chi connectivity index (χ3n) is 4.10. The van der Waals surface area contributed by atoms with Crippen molar-refractivity contribution in [2.75, 3.05) is 0 Å². The van der Waals surface area contributed by atoms with Crippen molar-refractivity contribution in [1.29, 1.82) is 0 Å². The summed E-state index contributed by atoms with van der Waals surface area (Å²) in [6.45, 7) is 4.25. The van der Waals surface area contributed by atoms with Crippen molar-refractivity contribution in [3.63, 3.8) is 0 Å². The zero-order valence-corrected chi connectivity index (χ0v) is 15.0. The highest BCUT2D eigenvalue weighted by molar-refractivity contribution is 5.92. The number of hydrogen-bond donors (Lipinski definition) is 2. The van der Waals surface area contributed by atoms with E-state index in [1.54, 1.807) is 29.9 Å². The van der Waals surface area contributed by atoms with Crippen LogP contribution in [0.15, 0.2) is 35.1 Å². The van der Waals surface area contributed by atoms with E-state index in [2.05, 4.69) is 29.2 Å². The molecule has 0 aliphatic rings. The highest BCUT2D eigenvalue weighted by Gasteiger charge is 2.14. The number of rotatable bonds is 5. The van der Waals surface area contributed by atoms with Gasteiger partial charge in [0.25, 0.3) is 11.5 Å². The Labute approximate surface area is 150 Å². The quantitative estimate of drug-likeness (QED) is 0.737. The van der Waals surface area contributed by atoms with Gasteiger partial charge in [0.2, 0.25) is 0 Å². The summed E-state index contributed by atoms with van der Waals surface area (Å²) in [5.41, 5.74) is 1.78. The molecule has 1 amide bonds. The maximum absolute atomic E-state index is 13.2. The van der Waals surface area contributed by atoms with Gasteiger partial charge in [-0.15, -0.1) is 0 Å². The molecule has 0 aliphatic carbocycles. The molecule has 3 aromatic rings. The molecule has 0 aliphatic heterocycles. The van der Waals surface area contributed by atoms with E-state index >= 15 is 0 Å². The molecule has 7 heteroatoms. The Morgan fingerprint density at radius 2 is 2.08 bits per heavy atom. The number of hydrogen-bond acceptors (Lipinski definition) is 3. The average Bonchev–Trinajstić information content (AvgIpc) is 2.92. The number of carbonyl (C=O) groups is 1. The summed E-state index contributed by atoms with van der Waals surface area (Å²) in [6, 6.07) is 7.61. The molecule has 2 N–H and O–H groups in total. The summed E-state index contributed by atoms with van der Waals surface area (Å²) in [6.07, 6.45) is 0.794. The lowest BCUT2D eigenvalue weighted by Gasteiger charge is -2.06. The van der Waals surface area contributed by atoms with E-state index in [4.69, 9.17) is 0 Å². The molecule has 0 radical (unpaired) electrons. The Bertz CT molecular complexity index is 1020. The maximum Gasteiger partial charge on any atom is 0.269 e. The Balaban J connectivity index is 1.76. The topological polar surface area (TPSA) is 79.8 Å². The molecule has 6 nitrogen and oxygen atoms in total. The molecule has 2 heterocycles.